The van der Waals surface area contributed by atoms with Gasteiger partial charge in [-0.1, -0.05) is 31.5 Å². The summed E-state index contributed by atoms with van der Waals surface area (Å²) < 4.78 is 11.5. The van der Waals surface area contributed by atoms with Crippen LogP contribution in [-0.4, -0.2) is 13.7 Å². The molecule has 0 spiro atoms. The molecule has 1 atom stereocenters. The second-order valence-corrected chi connectivity index (χ2v) is 5.29. The first kappa shape index (κ1) is 15.6. The normalized spacial score (nSPS) is 12.4. The van der Waals surface area contributed by atoms with Crippen LogP contribution in [0.3, 0.4) is 0 Å². The number of rotatable bonds is 7. The molecule has 2 rings (SSSR count). The summed E-state index contributed by atoms with van der Waals surface area (Å²) in [5.74, 6) is 2.85. The zero-order valence-electron chi connectivity index (χ0n) is 13.4. The van der Waals surface area contributed by atoms with Crippen molar-refractivity contribution in [3.63, 3.8) is 0 Å². The molecule has 1 N–H and O–H groups in total. The van der Waals surface area contributed by atoms with Gasteiger partial charge in [-0.05, 0) is 38.1 Å². The summed E-state index contributed by atoms with van der Waals surface area (Å²) >= 11 is 0. The van der Waals surface area contributed by atoms with E-state index in [4.69, 9.17) is 9.15 Å². The highest BCUT2D eigenvalue weighted by Crippen LogP contribution is 2.32. The van der Waals surface area contributed by atoms with Gasteiger partial charge in [-0.15, -0.1) is 0 Å². The van der Waals surface area contributed by atoms with Crippen LogP contribution in [0.1, 0.15) is 49.0 Å². The molecule has 21 heavy (non-hydrogen) atoms. The summed E-state index contributed by atoms with van der Waals surface area (Å²) in [5, 5.41) is 3.57. The van der Waals surface area contributed by atoms with Crippen molar-refractivity contribution in [2.24, 2.45) is 0 Å². The Bertz CT molecular complexity index is 574. The van der Waals surface area contributed by atoms with E-state index in [1.165, 1.54) is 5.56 Å². The third kappa shape index (κ3) is 3.67. The highest BCUT2D eigenvalue weighted by Gasteiger charge is 2.21. The van der Waals surface area contributed by atoms with Crippen LogP contribution in [-0.2, 0) is 6.42 Å². The second-order valence-electron chi connectivity index (χ2n) is 5.29. The second kappa shape index (κ2) is 7.32. The van der Waals surface area contributed by atoms with E-state index in [0.29, 0.717) is 0 Å². The Balaban J connectivity index is 2.41. The summed E-state index contributed by atoms with van der Waals surface area (Å²) in [4.78, 5) is 0. The molecule has 3 nitrogen and oxygen atoms in total. The fourth-order valence-corrected chi connectivity index (χ4v) is 2.47. The molecule has 1 unspecified atom stereocenters. The highest BCUT2D eigenvalue weighted by molar-refractivity contribution is 5.42. The van der Waals surface area contributed by atoms with Gasteiger partial charge in [-0.3, -0.25) is 0 Å². The predicted molar refractivity (Wildman–Crippen MR) is 86.0 cm³/mol. The lowest BCUT2D eigenvalue weighted by Crippen LogP contribution is -2.23. The first-order valence-corrected chi connectivity index (χ1v) is 7.66. The Morgan fingerprint density at radius 1 is 1.19 bits per heavy atom. The van der Waals surface area contributed by atoms with E-state index in [9.17, 15) is 0 Å². The van der Waals surface area contributed by atoms with Gasteiger partial charge in [0.25, 0.3) is 0 Å². The maximum atomic E-state index is 5.97. The number of furan rings is 1. The van der Waals surface area contributed by atoms with Crippen LogP contribution >= 0.6 is 0 Å². The molecule has 0 aliphatic carbocycles. The fraction of sp³-hybridized carbons (Fsp3) is 0.444. The third-order valence-corrected chi connectivity index (χ3v) is 3.61. The zero-order valence-corrected chi connectivity index (χ0v) is 13.4. The molecule has 0 bridgehead atoms. The molecule has 114 valence electrons. The average molecular weight is 287 g/mol. The van der Waals surface area contributed by atoms with Crippen molar-refractivity contribution < 1.29 is 9.15 Å². The van der Waals surface area contributed by atoms with Gasteiger partial charge in [-0.2, -0.15) is 0 Å². The molecule has 0 radical (unpaired) electrons. The zero-order chi connectivity index (χ0) is 15.2. The predicted octanol–water partition coefficient (Wildman–Crippen LogP) is 4.25. The van der Waals surface area contributed by atoms with E-state index in [-0.39, 0.29) is 6.04 Å². The summed E-state index contributed by atoms with van der Waals surface area (Å²) in [6.45, 7) is 7.30. The van der Waals surface area contributed by atoms with Crippen LogP contribution < -0.4 is 10.1 Å². The van der Waals surface area contributed by atoms with Gasteiger partial charge >= 0.3 is 0 Å². The van der Waals surface area contributed by atoms with Crippen molar-refractivity contribution in [2.75, 3.05) is 13.7 Å². The van der Waals surface area contributed by atoms with Crippen molar-refractivity contribution in [1.82, 2.24) is 5.32 Å². The van der Waals surface area contributed by atoms with Gasteiger partial charge in [0.2, 0.25) is 0 Å². The first-order chi connectivity index (χ1) is 10.2. The van der Waals surface area contributed by atoms with Crippen LogP contribution in [0.2, 0.25) is 0 Å². The maximum absolute atomic E-state index is 5.97. The number of benzene rings is 1. The molecule has 1 heterocycles. The Labute approximate surface area is 127 Å². The molecule has 0 saturated carbocycles. The molecule has 1 aromatic carbocycles. The SMILES string of the molecule is CCCNC(c1ccc(CC)o1)c1cc(C)ccc1OC. The minimum atomic E-state index is 0.0279. The largest absolute Gasteiger partial charge is 0.496 e. The Kier molecular flexibility index (Phi) is 5.45. The number of hydrogen-bond acceptors (Lipinski definition) is 3. The molecule has 0 aliphatic rings. The maximum Gasteiger partial charge on any atom is 0.125 e. The van der Waals surface area contributed by atoms with Crippen molar-refractivity contribution in [3.05, 3.63) is 53.0 Å². The Hall–Kier alpha value is -1.74. The number of methoxy groups -OCH3 is 1. The van der Waals surface area contributed by atoms with E-state index in [0.717, 1.165) is 42.2 Å². The van der Waals surface area contributed by atoms with Gasteiger partial charge in [0.05, 0.1) is 13.2 Å². The lowest BCUT2D eigenvalue weighted by atomic mass is 10.0. The molecular formula is C18H25NO2. The highest BCUT2D eigenvalue weighted by atomic mass is 16.5. The molecule has 2 aromatic rings. The molecule has 0 fully saturated rings. The Morgan fingerprint density at radius 2 is 2.00 bits per heavy atom. The molecule has 3 heteroatoms. The molecule has 0 aliphatic heterocycles. The van der Waals surface area contributed by atoms with Gasteiger partial charge in [0.15, 0.2) is 0 Å². The van der Waals surface area contributed by atoms with E-state index in [2.05, 4.69) is 50.4 Å². The monoisotopic (exact) mass is 287 g/mol. The van der Waals surface area contributed by atoms with Gasteiger partial charge in [0, 0.05) is 12.0 Å². The number of hydrogen-bond donors (Lipinski definition) is 1. The molecule has 0 amide bonds. The summed E-state index contributed by atoms with van der Waals surface area (Å²) in [6.07, 6.45) is 1.98. The van der Waals surface area contributed by atoms with E-state index in [1.807, 2.05) is 6.07 Å². The summed E-state index contributed by atoms with van der Waals surface area (Å²) in [7, 11) is 1.71. The smallest absolute Gasteiger partial charge is 0.125 e. The molecule has 1 aromatic heterocycles. The first-order valence-electron chi connectivity index (χ1n) is 7.66. The minimum absolute atomic E-state index is 0.0279. The summed E-state index contributed by atoms with van der Waals surface area (Å²) in [6, 6.07) is 10.4. The van der Waals surface area contributed by atoms with Gasteiger partial charge in [0.1, 0.15) is 17.3 Å². The van der Waals surface area contributed by atoms with Gasteiger partial charge < -0.3 is 14.5 Å². The van der Waals surface area contributed by atoms with Crippen LogP contribution in [0.5, 0.6) is 5.75 Å². The average Bonchev–Trinajstić information content (AvgIpc) is 2.97. The van der Waals surface area contributed by atoms with Crippen LogP contribution in [0.4, 0.5) is 0 Å². The van der Waals surface area contributed by atoms with Gasteiger partial charge in [-0.25, -0.2) is 0 Å². The third-order valence-electron chi connectivity index (χ3n) is 3.61. The van der Waals surface area contributed by atoms with Crippen LogP contribution in [0.15, 0.2) is 34.7 Å². The lowest BCUT2D eigenvalue weighted by Gasteiger charge is -2.20. The Morgan fingerprint density at radius 3 is 2.62 bits per heavy atom. The van der Waals surface area contributed by atoms with Crippen LogP contribution in [0.25, 0.3) is 0 Å². The standard InChI is InChI=1S/C18H25NO2/c1-5-11-19-18(17-10-8-14(6-2)21-17)15-12-13(3)7-9-16(15)20-4/h7-10,12,18-19H,5-6,11H2,1-4H3. The fourth-order valence-electron chi connectivity index (χ4n) is 2.47. The van der Waals surface area contributed by atoms with Crippen molar-refractivity contribution in [1.29, 1.82) is 0 Å². The number of nitrogens with one attached hydrogen (secondary N) is 1. The lowest BCUT2D eigenvalue weighted by molar-refractivity contribution is 0.386. The molecule has 0 saturated heterocycles. The topological polar surface area (TPSA) is 34.4 Å². The van der Waals surface area contributed by atoms with Crippen molar-refractivity contribution in [3.8, 4) is 5.75 Å². The number of ether oxygens (including phenoxy) is 1. The van der Waals surface area contributed by atoms with Crippen molar-refractivity contribution in [2.45, 2.75) is 39.7 Å². The van der Waals surface area contributed by atoms with Crippen molar-refractivity contribution >= 4 is 0 Å². The van der Waals surface area contributed by atoms with E-state index in [1.54, 1.807) is 7.11 Å². The molecular weight excluding hydrogens is 262 g/mol. The minimum Gasteiger partial charge on any atom is -0.496 e. The van der Waals surface area contributed by atoms with E-state index < -0.39 is 0 Å². The van der Waals surface area contributed by atoms with Crippen LogP contribution in [0, 0.1) is 6.92 Å². The van der Waals surface area contributed by atoms with E-state index >= 15 is 0 Å². The number of aryl methyl sites for hydroxylation is 2. The quantitative estimate of drug-likeness (QED) is 0.826. The summed E-state index contributed by atoms with van der Waals surface area (Å²) in [5.41, 5.74) is 2.35.